The smallest absolute Gasteiger partial charge is 0.410 e. The van der Waals surface area contributed by atoms with Crippen molar-refractivity contribution in [2.45, 2.75) is 63.5 Å². The third kappa shape index (κ3) is 4.60. The topological polar surface area (TPSA) is 82.6 Å². The Morgan fingerprint density at radius 1 is 1.24 bits per heavy atom. The van der Waals surface area contributed by atoms with Crippen molar-refractivity contribution in [1.29, 1.82) is 0 Å². The standard InChI is InChI=1S/C25H36FN3O5/c1-24(2,3)34-23(32)29-10-7-25(8-11-29)21-19(26)14-18(15-20(21)27(4)22(25)31)33-13-12-28-9-5-6-17(28)16-30/h14-15,17,30H,5-13,16H2,1-4H3. The summed E-state index contributed by atoms with van der Waals surface area (Å²) in [6.07, 6.45) is 2.31. The maximum Gasteiger partial charge on any atom is 0.410 e. The zero-order chi connectivity index (χ0) is 24.7. The van der Waals surface area contributed by atoms with Crippen molar-refractivity contribution >= 4 is 17.7 Å². The summed E-state index contributed by atoms with van der Waals surface area (Å²) in [5, 5.41) is 9.47. The van der Waals surface area contributed by atoms with E-state index in [1.54, 1.807) is 18.0 Å². The number of benzene rings is 1. The lowest BCUT2D eigenvalue weighted by atomic mass is 9.73. The number of piperidine rings is 1. The fraction of sp³-hybridized carbons (Fsp3) is 0.680. The zero-order valence-electron chi connectivity index (χ0n) is 20.6. The van der Waals surface area contributed by atoms with Crippen LogP contribution in [0.15, 0.2) is 12.1 Å². The highest BCUT2D eigenvalue weighted by Crippen LogP contribution is 2.50. The Bertz CT molecular complexity index is 939. The summed E-state index contributed by atoms with van der Waals surface area (Å²) in [6.45, 7) is 8.18. The molecule has 1 unspecified atom stereocenters. The first-order valence-electron chi connectivity index (χ1n) is 12.1. The molecule has 2 fully saturated rings. The summed E-state index contributed by atoms with van der Waals surface area (Å²) in [7, 11) is 1.66. The van der Waals surface area contributed by atoms with Gasteiger partial charge in [0, 0.05) is 50.4 Å². The molecule has 3 heterocycles. The van der Waals surface area contributed by atoms with Gasteiger partial charge in [-0.05, 0) is 53.0 Å². The Balaban J connectivity index is 1.46. The van der Waals surface area contributed by atoms with E-state index in [9.17, 15) is 14.7 Å². The first-order valence-corrected chi connectivity index (χ1v) is 12.1. The second-order valence-electron chi connectivity index (χ2n) is 10.6. The molecular formula is C25H36FN3O5. The third-order valence-electron chi connectivity index (χ3n) is 7.22. The first kappa shape index (κ1) is 24.7. The van der Waals surface area contributed by atoms with E-state index in [1.807, 2.05) is 20.8 Å². The number of carbonyl (C=O) groups excluding carboxylic acids is 2. The summed E-state index contributed by atoms with van der Waals surface area (Å²) < 4.78 is 26.8. The van der Waals surface area contributed by atoms with Gasteiger partial charge in [-0.1, -0.05) is 0 Å². The highest BCUT2D eigenvalue weighted by atomic mass is 19.1. The minimum Gasteiger partial charge on any atom is -0.492 e. The molecule has 1 spiro atoms. The number of hydrogen-bond donors (Lipinski definition) is 1. The summed E-state index contributed by atoms with van der Waals surface area (Å²) in [5.41, 5.74) is -0.649. The Kier molecular flexibility index (Phi) is 6.79. The van der Waals surface area contributed by atoms with E-state index in [0.29, 0.717) is 56.1 Å². The summed E-state index contributed by atoms with van der Waals surface area (Å²) in [5.74, 6) is -0.213. The molecule has 8 nitrogen and oxygen atoms in total. The molecule has 188 valence electrons. The number of hydrogen-bond acceptors (Lipinski definition) is 6. The fourth-order valence-electron chi connectivity index (χ4n) is 5.47. The minimum atomic E-state index is -0.977. The number of amides is 2. The van der Waals surface area contributed by atoms with Crippen LogP contribution >= 0.6 is 0 Å². The van der Waals surface area contributed by atoms with Gasteiger partial charge in [0.2, 0.25) is 5.91 Å². The molecule has 1 aromatic rings. The SMILES string of the molecule is CN1C(=O)C2(CCN(C(=O)OC(C)(C)C)CC2)c2c(F)cc(OCCN3CCCC3CO)cc21. The number of fused-ring (bicyclic) bond motifs is 2. The highest BCUT2D eigenvalue weighted by molar-refractivity contribution is 6.08. The average Bonchev–Trinajstić information content (AvgIpc) is 3.31. The number of halogens is 1. The van der Waals surface area contributed by atoms with Crippen LogP contribution in [0.3, 0.4) is 0 Å². The molecule has 9 heteroatoms. The highest BCUT2D eigenvalue weighted by Gasteiger charge is 2.53. The molecule has 0 bridgehead atoms. The Labute approximate surface area is 200 Å². The van der Waals surface area contributed by atoms with E-state index in [4.69, 9.17) is 9.47 Å². The van der Waals surface area contributed by atoms with Gasteiger partial charge in [0.1, 0.15) is 23.8 Å². The second-order valence-corrected chi connectivity index (χ2v) is 10.6. The lowest BCUT2D eigenvalue weighted by Gasteiger charge is -2.38. The fourth-order valence-corrected chi connectivity index (χ4v) is 5.47. The van der Waals surface area contributed by atoms with Gasteiger partial charge < -0.3 is 24.4 Å². The predicted molar refractivity (Wildman–Crippen MR) is 126 cm³/mol. The number of ether oxygens (including phenoxy) is 2. The average molecular weight is 478 g/mol. The number of aliphatic hydroxyl groups excluding tert-OH is 1. The normalized spacial score (nSPS) is 22.4. The number of likely N-dealkylation sites (N-methyl/N-ethyl adjacent to an activating group) is 1. The Morgan fingerprint density at radius 2 is 1.94 bits per heavy atom. The van der Waals surface area contributed by atoms with Crippen LogP contribution in [0.1, 0.15) is 52.0 Å². The molecule has 2 amide bonds. The van der Waals surface area contributed by atoms with Crippen LogP contribution in [0, 0.1) is 5.82 Å². The van der Waals surface area contributed by atoms with Crippen molar-refractivity contribution in [2.24, 2.45) is 0 Å². The van der Waals surface area contributed by atoms with Gasteiger partial charge in [0.25, 0.3) is 0 Å². The lowest BCUT2D eigenvalue weighted by Crippen LogP contribution is -2.50. The van der Waals surface area contributed by atoms with Crippen LogP contribution in [-0.2, 0) is 14.9 Å². The molecule has 1 atom stereocenters. The van der Waals surface area contributed by atoms with Crippen LogP contribution in [0.5, 0.6) is 5.75 Å². The number of anilines is 1. The van der Waals surface area contributed by atoms with Crippen molar-refractivity contribution in [3.8, 4) is 5.75 Å². The minimum absolute atomic E-state index is 0.133. The predicted octanol–water partition coefficient (Wildman–Crippen LogP) is 2.91. The number of likely N-dealkylation sites (tertiary alicyclic amines) is 2. The number of rotatable bonds is 5. The molecule has 34 heavy (non-hydrogen) atoms. The summed E-state index contributed by atoms with van der Waals surface area (Å²) in [6, 6.07) is 3.26. The Hall–Kier alpha value is -2.39. The van der Waals surface area contributed by atoms with E-state index in [-0.39, 0.29) is 18.6 Å². The molecule has 1 N–H and O–H groups in total. The van der Waals surface area contributed by atoms with E-state index in [2.05, 4.69) is 4.90 Å². The van der Waals surface area contributed by atoms with Gasteiger partial charge in [-0.2, -0.15) is 0 Å². The van der Waals surface area contributed by atoms with Gasteiger partial charge in [-0.15, -0.1) is 0 Å². The zero-order valence-corrected chi connectivity index (χ0v) is 20.6. The van der Waals surface area contributed by atoms with Crippen LogP contribution in [0.25, 0.3) is 0 Å². The largest absolute Gasteiger partial charge is 0.492 e. The number of carbonyl (C=O) groups is 2. The molecule has 3 aliphatic heterocycles. The van der Waals surface area contributed by atoms with Gasteiger partial charge in [-0.25, -0.2) is 9.18 Å². The van der Waals surface area contributed by atoms with Gasteiger partial charge in [0.05, 0.1) is 17.7 Å². The molecule has 0 radical (unpaired) electrons. The summed E-state index contributed by atoms with van der Waals surface area (Å²) >= 11 is 0. The van der Waals surface area contributed by atoms with Crippen molar-refractivity contribution < 1.29 is 28.6 Å². The van der Waals surface area contributed by atoms with Crippen molar-refractivity contribution in [3.05, 3.63) is 23.5 Å². The van der Waals surface area contributed by atoms with Crippen molar-refractivity contribution in [3.63, 3.8) is 0 Å². The molecule has 0 aromatic heterocycles. The van der Waals surface area contributed by atoms with E-state index in [1.165, 1.54) is 11.0 Å². The number of aliphatic hydroxyl groups is 1. The van der Waals surface area contributed by atoms with Gasteiger partial charge in [-0.3, -0.25) is 9.69 Å². The number of nitrogens with zero attached hydrogens (tertiary/aromatic N) is 3. The summed E-state index contributed by atoms with van der Waals surface area (Å²) in [4.78, 5) is 31.1. The molecule has 2 saturated heterocycles. The van der Waals surface area contributed by atoms with Gasteiger partial charge in [0.15, 0.2) is 0 Å². The maximum absolute atomic E-state index is 15.4. The van der Waals surface area contributed by atoms with E-state index >= 15 is 4.39 Å². The molecule has 1 aromatic carbocycles. The lowest BCUT2D eigenvalue weighted by molar-refractivity contribution is -0.124. The van der Waals surface area contributed by atoms with E-state index in [0.717, 1.165) is 19.4 Å². The quantitative estimate of drug-likeness (QED) is 0.702. The van der Waals surface area contributed by atoms with Crippen molar-refractivity contribution in [2.75, 3.05) is 51.3 Å². The molecule has 3 aliphatic rings. The molecular weight excluding hydrogens is 441 g/mol. The maximum atomic E-state index is 15.4. The molecule has 0 aliphatic carbocycles. The molecule has 0 saturated carbocycles. The van der Waals surface area contributed by atoms with Crippen LogP contribution < -0.4 is 9.64 Å². The Morgan fingerprint density at radius 3 is 2.59 bits per heavy atom. The van der Waals surface area contributed by atoms with Crippen molar-refractivity contribution in [1.82, 2.24) is 9.80 Å². The third-order valence-corrected chi connectivity index (χ3v) is 7.22. The first-order chi connectivity index (χ1) is 16.1. The van der Waals surface area contributed by atoms with Gasteiger partial charge >= 0.3 is 6.09 Å². The monoisotopic (exact) mass is 477 g/mol. The van der Waals surface area contributed by atoms with Crippen LogP contribution in [-0.4, -0.2) is 85.0 Å². The second kappa shape index (κ2) is 9.34. The van der Waals surface area contributed by atoms with Crippen LogP contribution in [0.2, 0.25) is 0 Å². The molecule has 4 rings (SSSR count). The van der Waals surface area contributed by atoms with Crippen LogP contribution in [0.4, 0.5) is 14.9 Å². The van der Waals surface area contributed by atoms with E-state index < -0.39 is 22.9 Å².